The Morgan fingerprint density at radius 2 is 2.07 bits per heavy atom. The third kappa shape index (κ3) is 2.56. The van der Waals surface area contributed by atoms with E-state index in [0.29, 0.717) is 5.92 Å². The first-order valence-electron chi connectivity index (χ1n) is 4.90. The molecule has 0 unspecified atom stereocenters. The number of allylic oxidation sites excluding steroid dienone is 1. The SMILES string of the molecule is C=C/C=N\c1cc(C(C)C)ccc1C. The van der Waals surface area contributed by atoms with Crippen molar-refractivity contribution in [3.8, 4) is 0 Å². The van der Waals surface area contributed by atoms with Gasteiger partial charge in [0.2, 0.25) is 0 Å². The third-order valence-electron chi connectivity index (χ3n) is 2.22. The number of benzene rings is 1. The average molecular weight is 187 g/mol. The van der Waals surface area contributed by atoms with Gasteiger partial charge >= 0.3 is 0 Å². The molecule has 0 aliphatic rings. The van der Waals surface area contributed by atoms with Gasteiger partial charge in [-0.2, -0.15) is 0 Å². The number of aliphatic imine (C=N–C) groups is 1. The van der Waals surface area contributed by atoms with Crippen LogP contribution in [0.5, 0.6) is 0 Å². The smallest absolute Gasteiger partial charge is 0.0661 e. The molecule has 1 rings (SSSR count). The zero-order valence-corrected chi connectivity index (χ0v) is 9.12. The van der Waals surface area contributed by atoms with Crippen LogP contribution in [0.2, 0.25) is 0 Å². The molecule has 0 spiro atoms. The van der Waals surface area contributed by atoms with Crippen LogP contribution in [0.4, 0.5) is 5.69 Å². The molecule has 1 nitrogen and oxygen atoms in total. The molecule has 0 atom stereocenters. The second kappa shape index (κ2) is 4.75. The first kappa shape index (κ1) is 10.7. The standard InChI is InChI=1S/C13H17N/c1-5-8-14-13-9-12(10(2)3)7-6-11(13)4/h5-10H,1H2,2-4H3/b14-8-. The Balaban J connectivity index is 3.08. The summed E-state index contributed by atoms with van der Waals surface area (Å²) >= 11 is 0. The quantitative estimate of drug-likeness (QED) is 0.634. The van der Waals surface area contributed by atoms with Crippen LogP contribution in [-0.2, 0) is 0 Å². The maximum atomic E-state index is 4.32. The Bertz CT molecular complexity index is 348. The van der Waals surface area contributed by atoms with Gasteiger partial charge in [-0.15, -0.1) is 0 Å². The Morgan fingerprint density at radius 1 is 1.36 bits per heavy atom. The molecule has 1 heteroatoms. The Labute approximate surface area is 86.2 Å². The molecule has 74 valence electrons. The van der Waals surface area contributed by atoms with E-state index in [1.165, 1.54) is 11.1 Å². The lowest BCUT2D eigenvalue weighted by Crippen LogP contribution is -1.87. The lowest BCUT2D eigenvalue weighted by Gasteiger charge is -2.07. The van der Waals surface area contributed by atoms with E-state index in [1.54, 1.807) is 12.3 Å². The Hall–Kier alpha value is -1.37. The van der Waals surface area contributed by atoms with Crippen molar-refractivity contribution in [1.82, 2.24) is 0 Å². The Morgan fingerprint density at radius 3 is 2.64 bits per heavy atom. The monoisotopic (exact) mass is 187 g/mol. The summed E-state index contributed by atoms with van der Waals surface area (Å²) < 4.78 is 0. The van der Waals surface area contributed by atoms with E-state index in [0.717, 1.165) is 5.69 Å². The third-order valence-corrected chi connectivity index (χ3v) is 2.22. The molecule has 0 aliphatic heterocycles. The van der Waals surface area contributed by atoms with E-state index in [2.05, 4.69) is 50.5 Å². The van der Waals surface area contributed by atoms with Gasteiger partial charge < -0.3 is 0 Å². The highest BCUT2D eigenvalue weighted by Gasteiger charge is 2.01. The Kier molecular flexibility index (Phi) is 3.63. The van der Waals surface area contributed by atoms with Gasteiger partial charge in [0.1, 0.15) is 0 Å². The van der Waals surface area contributed by atoms with E-state index >= 15 is 0 Å². The van der Waals surface area contributed by atoms with Gasteiger partial charge in [0.15, 0.2) is 0 Å². The van der Waals surface area contributed by atoms with Crippen molar-refractivity contribution < 1.29 is 0 Å². The molecule has 0 amide bonds. The van der Waals surface area contributed by atoms with Gasteiger partial charge in [-0.1, -0.05) is 38.6 Å². The first-order valence-corrected chi connectivity index (χ1v) is 4.90. The molecule has 1 aromatic carbocycles. The maximum Gasteiger partial charge on any atom is 0.0661 e. The summed E-state index contributed by atoms with van der Waals surface area (Å²) in [6.07, 6.45) is 3.42. The van der Waals surface area contributed by atoms with Crippen molar-refractivity contribution in [2.24, 2.45) is 4.99 Å². The van der Waals surface area contributed by atoms with Crippen LogP contribution in [0.15, 0.2) is 35.8 Å². The van der Waals surface area contributed by atoms with Crippen LogP contribution in [0.25, 0.3) is 0 Å². The van der Waals surface area contributed by atoms with Gasteiger partial charge in [-0.3, -0.25) is 4.99 Å². The molecule has 0 bridgehead atoms. The van der Waals surface area contributed by atoms with Crippen molar-refractivity contribution >= 4 is 11.9 Å². The number of hydrogen-bond acceptors (Lipinski definition) is 1. The van der Waals surface area contributed by atoms with Gasteiger partial charge in [0, 0.05) is 6.21 Å². The minimum absolute atomic E-state index is 0.549. The topological polar surface area (TPSA) is 12.4 Å². The summed E-state index contributed by atoms with van der Waals surface area (Å²) in [5, 5.41) is 0. The van der Waals surface area contributed by atoms with Crippen LogP contribution >= 0.6 is 0 Å². The summed E-state index contributed by atoms with van der Waals surface area (Å²) in [4.78, 5) is 4.32. The van der Waals surface area contributed by atoms with E-state index < -0.39 is 0 Å². The van der Waals surface area contributed by atoms with Crippen LogP contribution in [0.3, 0.4) is 0 Å². The van der Waals surface area contributed by atoms with Gasteiger partial charge in [-0.25, -0.2) is 0 Å². The highest BCUT2D eigenvalue weighted by atomic mass is 14.7. The predicted octanol–water partition coefficient (Wildman–Crippen LogP) is 4.01. The number of nitrogens with zero attached hydrogens (tertiary/aromatic N) is 1. The van der Waals surface area contributed by atoms with Crippen LogP contribution in [-0.4, -0.2) is 6.21 Å². The van der Waals surface area contributed by atoms with E-state index in [-0.39, 0.29) is 0 Å². The fourth-order valence-corrected chi connectivity index (χ4v) is 1.26. The summed E-state index contributed by atoms with van der Waals surface area (Å²) in [5.74, 6) is 0.549. The van der Waals surface area contributed by atoms with Crippen molar-refractivity contribution in [3.05, 3.63) is 42.0 Å². The van der Waals surface area contributed by atoms with Crippen LogP contribution in [0.1, 0.15) is 30.9 Å². The van der Waals surface area contributed by atoms with Crippen LogP contribution in [0, 0.1) is 6.92 Å². The van der Waals surface area contributed by atoms with Gasteiger partial charge in [-0.05, 0) is 30.0 Å². The lowest BCUT2D eigenvalue weighted by atomic mass is 10.0. The molecule has 14 heavy (non-hydrogen) atoms. The summed E-state index contributed by atoms with van der Waals surface area (Å²) in [6.45, 7) is 10.1. The van der Waals surface area contributed by atoms with Crippen molar-refractivity contribution in [2.75, 3.05) is 0 Å². The molecule has 0 N–H and O–H groups in total. The van der Waals surface area contributed by atoms with E-state index in [9.17, 15) is 0 Å². The van der Waals surface area contributed by atoms with E-state index in [1.807, 2.05) is 0 Å². The molecule has 0 radical (unpaired) electrons. The minimum Gasteiger partial charge on any atom is -0.257 e. The number of aryl methyl sites for hydroxylation is 1. The lowest BCUT2D eigenvalue weighted by molar-refractivity contribution is 0.866. The van der Waals surface area contributed by atoms with Crippen molar-refractivity contribution in [1.29, 1.82) is 0 Å². The molecular formula is C13H17N. The second-order valence-electron chi connectivity index (χ2n) is 3.71. The summed E-state index contributed by atoms with van der Waals surface area (Å²) in [5.41, 5.74) is 3.57. The summed E-state index contributed by atoms with van der Waals surface area (Å²) in [6, 6.07) is 6.41. The highest BCUT2D eigenvalue weighted by Crippen LogP contribution is 2.24. The fraction of sp³-hybridized carbons (Fsp3) is 0.308. The largest absolute Gasteiger partial charge is 0.257 e. The van der Waals surface area contributed by atoms with Crippen molar-refractivity contribution in [2.45, 2.75) is 26.7 Å². The van der Waals surface area contributed by atoms with Crippen LogP contribution < -0.4 is 0 Å². The molecule has 0 aromatic heterocycles. The molecule has 1 aromatic rings. The zero-order valence-electron chi connectivity index (χ0n) is 9.12. The minimum atomic E-state index is 0.549. The van der Waals surface area contributed by atoms with Gasteiger partial charge in [0.25, 0.3) is 0 Å². The van der Waals surface area contributed by atoms with Crippen molar-refractivity contribution in [3.63, 3.8) is 0 Å². The second-order valence-corrected chi connectivity index (χ2v) is 3.71. The maximum absolute atomic E-state index is 4.32. The zero-order chi connectivity index (χ0) is 10.6. The number of rotatable bonds is 3. The van der Waals surface area contributed by atoms with E-state index in [4.69, 9.17) is 0 Å². The normalized spacial score (nSPS) is 11.1. The first-order chi connectivity index (χ1) is 6.65. The molecule has 0 aliphatic carbocycles. The molecule has 0 heterocycles. The molecule has 0 saturated heterocycles. The predicted molar refractivity (Wildman–Crippen MR) is 63.6 cm³/mol. The highest BCUT2D eigenvalue weighted by molar-refractivity contribution is 5.74. The fourth-order valence-electron chi connectivity index (χ4n) is 1.26. The molecule has 0 saturated carbocycles. The summed E-state index contributed by atoms with van der Waals surface area (Å²) in [7, 11) is 0. The molecule has 0 fully saturated rings. The van der Waals surface area contributed by atoms with Gasteiger partial charge in [0.05, 0.1) is 5.69 Å². The molecular weight excluding hydrogens is 170 g/mol. The number of hydrogen-bond donors (Lipinski definition) is 0. The average Bonchev–Trinajstić information content (AvgIpc) is 2.16.